The number of carboxylic acid groups (broad SMARTS) is 2. The molecule has 0 atom stereocenters. The summed E-state index contributed by atoms with van der Waals surface area (Å²) in [4.78, 5) is 28.8. The van der Waals surface area contributed by atoms with Crippen molar-refractivity contribution in [2.24, 2.45) is 5.92 Å². The monoisotopic (exact) mass is 585 g/mol. The van der Waals surface area contributed by atoms with E-state index >= 15 is 0 Å². The van der Waals surface area contributed by atoms with Gasteiger partial charge >= 0.3 is 24.3 Å². The minimum Gasteiger partial charge on any atom is -0.475 e. The molecular weight excluding hydrogens is 556 g/mol. The number of hydrogen-bond donors (Lipinski definition) is 2. The topological polar surface area (TPSA) is 103 Å². The molecule has 0 spiro atoms. The molecular formula is C24H29F6N3O5S. The highest BCUT2D eigenvalue weighted by Crippen LogP contribution is 2.27. The molecule has 2 fully saturated rings. The minimum absolute atomic E-state index is 0.823. The Hall–Kier alpha value is -2.91. The van der Waals surface area contributed by atoms with Crippen molar-refractivity contribution in [1.82, 2.24) is 9.88 Å². The average molecular weight is 586 g/mol. The Morgan fingerprint density at radius 3 is 1.92 bits per heavy atom. The summed E-state index contributed by atoms with van der Waals surface area (Å²) in [7, 11) is 0. The van der Waals surface area contributed by atoms with E-state index in [2.05, 4.69) is 51.3 Å². The Labute approximate surface area is 224 Å². The number of morpholine rings is 1. The number of piperidine rings is 1. The second-order valence-electron chi connectivity index (χ2n) is 8.72. The quantitative estimate of drug-likeness (QED) is 0.487. The molecule has 2 saturated heterocycles. The van der Waals surface area contributed by atoms with Crippen molar-refractivity contribution in [3.8, 4) is 0 Å². The molecule has 218 valence electrons. The normalized spacial score (nSPS) is 16.9. The van der Waals surface area contributed by atoms with E-state index in [1.54, 1.807) is 0 Å². The molecule has 4 rings (SSSR count). The molecule has 8 nitrogen and oxygen atoms in total. The number of benzene rings is 1. The van der Waals surface area contributed by atoms with Crippen molar-refractivity contribution in [2.75, 3.05) is 44.3 Å². The average Bonchev–Trinajstić information content (AvgIpc) is 3.35. The number of aromatic nitrogens is 1. The van der Waals surface area contributed by atoms with Gasteiger partial charge in [0.25, 0.3) is 0 Å². The third-order valence-corrected chi connectivity index (χ3v) is 6.80. The second-order valence-corrected chi connectivity index (χ2v) is 9.82. The number of thiazole rings is 1. The molecule has 0 aliphatic carbocycles. The van der Waals surface area contributed by atoms with Gasteiger partial charge in [-0.3, -0.25) is 4.90 Å². The van der Waals surface area contributed by atoms with Crippen LogP contribution in [0.25, 0.3) is 0 Å². The van der Waals surface area contributed by atoms with Gasteiger partial charge in [0, 0.05) is 30.7 Å². The van der Waals surface area contributed by atoms with Crippen LogP contribution in [0.15, 0.2) is 36.5 Å². The number of halogens is 6. The third kappa shape index (κ3) is 12.2. The van der Waals surface area contributed by atoms with Gasteiger partial charge in [-0.15, -0.1) is 11.3 Å². The van der Waals surface area contributed by atoms with E-state index in [-0.39, 0.29) is 0 Å². The highest BCUT2D eigenvalue weighted by atomic mass is 32.1. The van der Waals surface area contributed by atoms with Crippen LogP contribution in [-0.4, -0.2) is 83.8 Å². The van der Waals surface area contributed by atoms with Crippen LogP contribution in [0, 0.1) is 5.92 Å². The highest BCUT2D eigenvalue weighted by Gasteiger charge is 2.38. The highest BCUT2D eigenvalue weighted by molar-refractivity contribution is 7.15. The first-order valence-corrected chi connectivity index (χ1v) is 12.7. The summed E-state index contributed by atoms with van der Waals surface area (Å²) in [6.07, 6.45) is -4.24. The molecule has 39 heavy (non-hydrogen) atoms. The molecule has 15 heteroatoms. The number of alkyl halides is 6. The molecule has 3 heterocycles. The van der Waals surface area contributed by atoms with E-state index in [9.17, 15) is 26.3 Å². The standard InChI is InChI=1S/C20H27N3OS.2C2HF3O2/c1-2-4-17(5-3-1)14-18-6-8-22(9-7-18)16-19-15-21-20(25-19)23-10-12-24-13-11-23;2*3-2(4,5)1(6)7/h1-5,15,18H,6-14,16H2;2*(H,6,7). The lowest BCUT2D eigenvalue weighted by molar-refractivity contribution is -0.193. The lowest BCUT2D eigenvalue weighted by Crippen LogP contribution is -2.36. The molecule has 0 unspecified atom stereocenters. The number of carboxylic acids is 2. The summed E-state index contributed by atoms with van der Waals surface area (Å²) in [6.45, 7) is 7.06. The Kier molecular flexibility index (Phi) is 12.4. The molecule has 2 aliphatic rings. The summed E-state index contributed by atoms with van der Waals surface area (Å²) >= 11 is 1.85. The largest absolute Gasteiger partial charge is 0.490 e. The van der Waals surface area contributed by atoms with Gasteiger partial charge in [0.1, 0.15) is 0 Å². The van der Waals surface area contributed by atoms with Gasteiger partial charge in [0.05, 0.1) is 13.2 Å². The molecule has 0 saturated carbocycles. The van der Waals surface area contributed by atoms with Gasteiger partial charge < -0.3 is 19.8 Å². The molecule has 0 bridgehead atoms. The first-order chi connectivity index (χ1) is 18.3. The second kappa shape index (κ2) is 15.0. The number of carbonyl (C=O) groups is 2. The summed E-state index contributed by atoms with van der Waals surface area (Å²) < 4.78 is 68.9. The van der Waals surface area contributed by atoms with E-state index in [1.807, 2.05) is 11.3 Å². The smallest absolute Gasteiger partial charge is 0.475 e. The fourth-order valence-electron chi connectivity index (χ4n) is 3.79. The lowest BCUT2D eigenvalue weighted by atomic mass is 9.90. The lowest BCUT2D eigenvalue weighted by Gasteiger charge is -2.31. The number of hydrogen-bond acceptors (Lipinski definition) is 7. The minimum atomic E-state index is -5.08. The first-order valence-electron chi connectivity index (χ1n) is 11.9. The van der Waals surface area contributed by atoms with Crippen molar-refractivity contribution in [1.29, 1.82) is 0 Å². The molecule has 1 aromatic carbocycles. The fourth-order valence-corrected chi connectivity index (χ4v) is 4.79. The Balaban J connectivity index is 0.000000317. The van der Waals surface area contributed by atoms with E-state index in [1.165, 1.54) is 42.8 Å². The zero-order valence-corrected chi connectivity index (χ0v) is 21.6. The van der Waals surface area contributed by atoms with Gasteiger partial charge in [-0.05, 0) is 43.8 Å². The van der Waals surface area contributed by atoms with Gasteiger partial charge in [-0.2, -0.15) is 26.3 Å². The van der Waals surface area contributed by atoms with Crippen LogP contribution in [-0.2, 0) is 27.3 Å². The number of aliphatic carboxylic acids is 2. The van der Waals surface area contributed by atoms with Crippen LogP contribution in [0.3, 0.4) is 0 Å². The van der Waals surface area contributed by atoms with Crippen LogP contribution in [0.1, 0.15) is 23.3 Å². The van der Waals surface area contributed by atoms with Gasteiger partial charge in [0.15, 0.2) is 5.13 Å². The van der Waals surface area contributed by atoms with Crippen molar-refractivity contribution in [3.63, 3.8) is 0 Å². The van der Waals surface area contributed by atoms with Crippen LogP contribution < -0.4 is 4.90 Å². The Morgan fingerprint density at radius 1 is 0.923 bits per heavy atom. The van der Waals surface area contributed by atoms with Crippen LogP contribution >= 0.6 is 11.3 Å². The molecule has 1 aromatic heterocycles. The summed E-state index contributed by atoms with van der Waals surface area (Å²) in [5.41, 5.74) is 1.48. The molecule has 2 aliphatic heterocycles. The van der Waals surface area contributed by atoms with E-state index < -0.39 is 24.3 Å². The predicted octanol–water partition coefficient (Wildman–Crippen LogP) is 4.70. The van der Waals surface area contributed by atoms with Crippen LogP contribution in [0.4, 0.5) is 31.5 Å². The number of anilines is 1. The van der Waals surface area contributed by atoms with E-state index in [0.29, 0.717) is 0 Å². The Bertz CT molecular complexity index is 997. The maximum absolute atomic E-state index is 10.6. The molecule has 2 N–H and O–H groups in total. The van der Waals surface area contributed by atoms with E-state index in [0.717, 1.165) is 43.9 Å². The SMILES string of the molecule is O=C(O)C(F)(F)F.O=C(O)C(F)(F)F.c1ccc(CC2CCN(Cc3cnc(N4CCOCC4)s3)CC2)cc1. The van der Waals surface area contributed by atoms with Crippen molar-refractivity contribution < 1.29 is 50.9 Å². The fraction of sp³-hybridized carbons (Fsp3) is 0.542. The van der Waals surface area contributed by atoms with Crippen molar-refractivity contribution in [2.45, 2.75) is 38.2 Å². The van der Waals surface area contributed by atoms with Gasteiger partial charge in [-0.1, -0.05) is 30.3 Å². The van der Waals surface area contributed by atoms with Crippen LogP contribution in [0.2, 0.25) is 0 Å². The number of rotatable bonds is 5. The van der Waals surface area contributed by atoms with E-state index in [4.69, 9.17) is 24.5 Å². The summed E-state index contributed by atoms with van der Waals surface area (Å²) in [5, 5.41) is 15.4. The molecule has 0 radical (unpaired) electrons. The van der Waals surface area contributed by atoms with Crippen molar-refractivity contribution in [3.05, 3.63) is 47.0 Å². The molecule has 2 aromatic rings. The van der Waals surface area contributed by atoms with Gasteiger partial charge in [0.2, 0.25) is 0 Å². The summed E-state index contributed by atoms with van der Waals surface area (Å²) in [5.74, 6) is -4.68. The first kappa shape index (κ1) is 32.3. The number of nitrogens with zero attached hydrogens (tertiary/aromatic N) is 3. The van der Waals surface area contributed by atoms with Crippen molar-refractivity contribution >= 4 is 28.4 Å². The molecule has 0 amide bonds. The zero-order valence-electron chi connectivity index (χ0n) is 20.7. The Morgan fingerprint density at radius 2 is 1.44 bits per heavy atom. The van der Waals surface area contributed by atoms with Gasteiger partial charge in [-0.25, -0.2) is 14.6 Å². The summed E-state index contributed by atoms with van der Waals surface area (Å²) in [6, 6.07) is 10.9. The number of likely N-dealkylation sites (tertiary alicyclic amines) is 1. The number of ether oxygens (including phenoxy) is 1. The zero-order chi connectivity index (χ0) is 29.1. The maximum atomic E-state index is 10.6. The van der Waals surface area contributed by atoms with Crippen LogP contribution in [0.5, 0.6) is 0 Å². The predicted molar refractivity (Wildman–Crippen MR) is 131 cm³/mol. The maximum Gasteiger partial charge on any atom is 0.490 e. The third-order valence-electron chi connectivity index (χ3n) is 5.76.